The quantitative estimate of drug-likeness (QED) is 0.0381. The first-order chi connectivity index (χ1) is 29.1. The molecule has 5 rings (SSSR count). The maximum absolute atomic E-state index is 13.6. The van der Waals surface area contributed by atoms with E-state index in [0.717, 1.165) is 5.56 Å². The second-order valence-electron chi connectivity index (χ2n) is 13.6. The summed E-state index contributed by atoms with van der Waals surface area (Å²) in [7, 11) is 1.43. The van der Waals surface area contributed by atoms with Crippen LogP contribution >= 0.6 is 0 Å². The van der Waals surface area contributed by atoms with Crippen molar-refractivity contribution in [3.8, 4) is 11.5 Å². The van der Waals surface area contributed by atoms with Crippen LogP contribution in [-0.2, 0) is 29.3 Å². The van der Waals surface area contributed by atoms with Gasteiger partial charge in [-0.1, -0.05) is 24.3 Å². The number of amides is 4. The first kappa shape index (κ1) is 44.1. The lowest BCUT2D eigenvalue weighted by Gasteiger charge is -2.13. The Kier molecular flexibility index (Phi) is 14.2. The number of nitrogens with one attached hydrogen (secondary N) is 2. The number of anilines is 3. The second-order valence-corrected chi connectivity index (χ2v) is 13.6. The summed E-state index contributed by atoms with van der Waals surface area (Å²) in [5.74, 6) is -1.83. The van der Waals surface area contributed by atoms with Crippen LogP contribution in [0.2, 0.25) is 0 Å². The number of nitrogen functional groups attached to an aromatic ring is 1. The predicted molar refractivity (Wildman–Crippen MR) is 236 cm³/mol. The Labute approximate surface area is 351 Å². The smallest absolute Gasteiger partial charge is 0.276 e. The Morgan fingerprint density at radius 1 is 0.721 bits per heavy atom. The van der Waals surface area contributed by atoms with Gasteiger partial charge in [0.2, 0.25) is 23.7 Å². The number of hydrogen-bond donors (Lipinski definition) is 7. The number of carbonyl (C=O) groups is 4. The van der Waals surface area contributed by atoms with E-state index in [1.165, 1.54) is 43.5 Å². The van der Waals surface area contributed by atoms with Crippen LogP contribution in [0, 0.1) is 0 Å². The number of hydrogen-bond acceptors (Lipinski definition) is 13. The topological polar surface area (TPSA) is 301 Å². The summed E-state index contributed by atoms with van der Waals surface area (Å²) in [5.41, 5.74) is 33.1. The zero-order valence-electron chi connectivity index (χ0n) is 34.5. The van der Waals surface area contributed by atoms with Crippen LogP contribution in [0.5, 0.6) is 11.5 Å². The lowest BCUT2D eigenvalue weighted by atomic mass is 10.1. The molecule has 0 aliphatic rings. The summed E-state index contributed by atoms with van der Waals surface area (Å²) in [6.07, 6.45) is 6.48. The average Bonchev–Trinajstić information content (AvgIpc) is 3.73. The predicted octanol–water partition coefficient (Wildman–Crippen LogP) is 3.53. The van der Waals surface area contributed by atoms with Gasteiger partial charge in [0.05, 0.1) is 18.1 Å². The third-order valence-corrected chi connectivity index (χ3v) is 8.79. The zero-order valence-corrected chi connectivity index (χ0v) is 34.5. The van der Waals surface area contributed by atoms with E-state index in [4.69, 9.17) is 43.1 Å². The molecule has 0 unspecified atom stereocenters. The van der Waals surface area contributed by atoms with Crippen molar-refractivity contribution in [2.75, 3.05) is 36.6 Å². The van der Waals surface area contributed by atoms with Crippen molar-refractivity contribution in [3.05, 3.63) is 101 Å². The molecular weight excluding hydrogens is 783 g/mol. The first-order valence-electron chi connectivity index (χ1n) is 19.1. The minimum atomic E-state index is -0.715. The van der Waals surface area contributed by atoms with Gasteiger partial charge >= 0.3 is 0 Å². The first-order valence-corrected chi connectivity index (χ1v) is 19.1. The molecule has 0 bridgehead atoms. The van der Waals surface area contributed by atoms with Crippen LogP contribution in [0.4, 0.5) is 17.6 Å². The molecule has 61 heavy (non-hydrogen) atoms. The second kappa shape index (κ2) is 19.7. The van der Waals surface area contributed by atoms with Gasteiger partial charge in [-0.25, -0.2) is 9.97 Å². The summed E-state index contributed by atoms with van der Waals surface area (Å²) in [5, 5.41) is 5.65. The van der Waals surface area contributed by atoms with Gasteiger partial charge in [-0.3, -0.25) is 39.8 Å². The maximum atomic E-state index is 13.6. The van der Waals surface area contributed by atoms with Crippen LogP contribution in [-0.4, -0.2) is 74.4 Å². The monoisotopic (exact) mass is 831 g/mol. The van der Waals surface area contributed by atoms with Crippen molar-refractivity contribution < 1.29 is 28.7 Å². The highest BCUT2D eigenvalue weighted by Gasteiger charge is 2.23. The van der Waals surface area contributed by atoms with Crippen molar-refractivity contribution in [3.63, 3.8) is 0 Å². The fourth-order valence-corrected chi connectivity index (χ4v) is 6.23. The largest absolute Gasteiger partial charge is 0.494 e. The highest BCUT2D eigenvalue weighted by molar-refractivity contribution is 6.47. The number of aliphatic imine (C=N–C) groups is 2. The van der Waals surface area contributed by atoms with E-state index in [1.807, 2.05) is 6.07 Å². The van der Waals surface area contributed by atoms with E-state index in [9.17, 15) is 19.2 Å². The van der Waals surface area contributed by atoms with Crippen molar-refractivity contribution in [2.45, 2.75) is 47.4 Å². The molecule has 12 N–H and O–H groups in total. The van der Waals surface area contributed by atoms with Gasteiger partial charge in [-0.05, 0) is 81.8 Å². The molecule has 318 valence electrons. The summed E-state index contributed by atoms with van der Waals surface area (Å²) in [4.78, 5) is 69.8. The molecule has 0 atom stereocenters. The average molecular weight is 832 g/mol. The molecule has 19 heteroatoms. The molecule has 2 aromatic heterocycles. The summed E-state index contributed by atoms with van der Waals surface area (Å²) >= 11 is 0. The van der Waals surface area contributed by atoms with Gasteiger partial charge in [0.25, 0.3) is 11.8 Å². The van der Waals surface area contributed by atoms with E-state index in [0.29, 0.717) is 52.2 Å². The van der Waals surface area contributed by atoms with Crippen molar-refractivity contribution >= 4 is 74.7 Å². The Balaban J connectivity index is 1.62. The molecule has 0 aliphatic heterocycles. The molecule has 5 aromatic rings. The van der Waals surface area contributed by atoms with Gasteiger partial charge in [0.15, 0.2) is 0 Å². The van der Waals surface area contributed by atoms with Gasteiger partial charge in [-0.2, -0.15) is 0 Å². The number of nitrogens with zero attached hydrogens (tertiary/aromatic N) is 6. The van der Waals surface area contributed by atoms with Crippen LogP contribution in [0.3, 0.4) is 0 Å². The third kappa shape index (κ3) is 10.8. The number of allylic oxidation sites excluding steroid dienone is 4. The van der Waals surface area contributed by atoms with E-state index in [-0.39, 0.29) is 65.6 Å². The summed E-state index contributed by atoms with van der Waals surface area (Å²) in [6.45, 7) is 7.74. The van der Waals surface area contributed by atoms with Crippen LogP contribution < -0.4 is 48.8 Å². The number of primary amides is 2. The van der Waals surface area contributed by atoms with Gasteiger partial charge in [0, 0.05) is 54.4 Å². The molecule has 0 saturated heterocycles. The van der Waals surface area contributed by atoms with Crippen molar-refractivity contribution in [1.82, 2.24) is 19.1 Å². The SMILES string of the molecule is CCN=C(/C=C(/C)N)C(=O)Nc1nc2cc(C(N)=O)cc(OC)c2n1C/C=C/Cn1c(NC(=O)C(/C=C(/C)N)=NCC)nc2cc(C(N)=O)cc(OCc3cccc(N)c3)c21. The number of fused-ring (bicyclic) bond motifs is 2. The van der Waals surface area contributed by atoms with Crippen LogP contribution in [0.1, 0.15) is 54.0 Å². The number of nitrogens with two attached hydrogens (primary N) is 5. The Morgan fingerprint density at radius 2 is 1.20 bits per heavy atom. The molecule has 0 fully saturated rings. The van der Waals surface area contributed by atoms with E-state index in [1.54, 1.807) is 67.2 Å². The third-order valence-electron chi connectivity index (χ3n) is 8.79. The van der Waals surface area contributed by atoms with Crippen molar-refractivity contribution in [1.29, 1.82) is 0 Å². The normalized spacial score (nSPS) is 12.6. The number of carbonyl (C=O) groups excluding carboxylic acids is 4. The lowest BCUT2D eigenvalue weighted by molar-refractivity contribution is -0.111. The Bertz CT molecular complexity index is 2660. The Hall–Kier alpha value is -7.96. The fourth-order valence-electron chi connectivity index (χ4n) is 6.23. The molecule has 0 aliphatic carbocycles. The number of aromatic nitrogens is 4. The van der Waals surface area contributed by atoms with E-state index < -0.39 is 23.6 Å². The molecule has 19 nitrogen and oxygen atoms in total. The minimum Gasteiger partial charge on any atom is -0.494 e. The zero-order chi connectivity index (χ0) is 44.4. The van der Waals surface area contributed by atoms with Crippen molar-refractivity contribution in [2.24, 2.45) is 32.9 Å². The van der Waals surface area contributed by atoms with Crippen LogP contribution in [0.15, 0.2) is 94.2 Å². The molecule has 0 saturated carbocycles. The van der Waals surface area contributed by atoms with E-state index in [2.05, 4.69) is 25.6 Å². The molecule has 3 aromatic carbocycles. The van der Waals surface area contributed by atoms with Gasteiger partial charge in [0.1, 0.15) is 40.6 Å². The van der Waals surface area contributed by atoms with Gasteiger partial charge < -0.3 is 47.3 Å². The lowest BCUT2D eigenvalue weighted by Crippen LogP contribution is -2.24. The van der Waals surface area contributed by atoms with E-state index >= 15 is 0 Å². The standard InChI is InChI=1S/C42H49N13O6/c1-6-48-31(15-23(3)43)39(58)52-41-50-29-18-26(37(46)56)20-33(60-5)35(29)54(41)13-8-9-14-55-36-30(51-42(55)53-40(59)32(49-7-2)16-24(4)44)19-27(38(47)57)21-34(36)61-22-25-11-10-12-28(45)17-25/h8-12,15-21H,6-7,13-14,22,43-45H2,1-5H3,(H2,46,56)(H2,47,57)(H,50,52,58)(H,51,53,59)/b9-8+,23-15-,24-16-,48-31?,49-32?. The number of methoxy groups -OCH3 is 1. The molecule has 2 heterocycles. The molecule has 0 spiro atoms. The molecule has 0 radical (unpaired) electrons. The summed E-state index contributed by atoms with van der Waals surface area (Å²) in [6, 6.07) is 13.1. The molecular formula is C42H49N13O6. The van der Waals surface area contributed by atoms with Crippen LogP contribution in [0.25, 0.3) is 22.1 Å². The minimum absolute atomic E-state index is 0.0752. The number of rotatable bonds is 18. The Morgan fingerprint density at radius 3 is 1.62 bits per heavy atom. The maximum Gasteiger partial charge on any atom is 0.276 e. The highest BCUT2D eigenvalue weighted by Crippen LogP contribution is 2.33. The fraction of sp³-hybridized carbons (Fsp3) is 0.238. The number of imidazole rings is 2. The van der Waals surface area contributed by atoms with Gasteiger partial charge in [-0.15, -0.1) is 0 Å². The highest BCUT2D eigenvalue weighted by atomic mass is 16.5. The summed E-state index contributed by atoms with van der Waals surface area (Å²) < 4.78 is 15.3. The molecule has 4 amide bonds. The number of ether oxygens (including phenoxy) is 2. The number of benzene rings is 3.